The molecule has 0 atom stereocenters. The zero-order valence-corrected chi connectivity index (χ0v) is 20.4. The van der Waals surface area contributed by atoms with E-state index in [0.717, 1.165) is 5.56 Å². The van der Waals surface area contributed by atoms with Gasteiger partial charge in [0.15, 0.2) is 12.5 Å². The van der Waals surface area contributed by atoms with Crippen LogP contribution in [0.2, 0.25) is 0 Å². The van der Waals surface area contributed by atoms with Crippen molar-refractivity contribution in [2.24, 2.45) is 0 Å². The number of amides is 2. The van der Waals surface area contributed by atoms with Gasteiger partial charge in [-0.2, -0.15) is 13.2 Å². The molecule has 2 amide bonds. The summed E-state index contributed by atoms with van der Waals surface area (Å²) in [6.45, 7) is 5.74. The summed E-state index contributed by atoms with van der Waals surface area (Å²) in [6.07, 6.45) is -0.403. The first-order valence-electron chi connectivity index (χ1n) is 10.2. The SMILES string of the molecule is Cc1ccccc1OCNc1cc(OC(=O)N(C)C)c2c(c1O)C(C)(C)CC(=O)N2.N=S(=O)=O. The first kappa shape index (κ1) is 26.5. The van der Waals surface area contributed by atoms with Crippen molar-refractivity contribution in [2.45, 2.75) is 32.6 Å². The predicted molar refractivity (Wildman–Crippen MR) is 126 cm³/mol. The number of carbonyl (C=O) groups is 2. The summed E-state index contributed by atoms with van der Waals surface area (Å²) in [5.41, 5.74) is 1.47. The molecule has 0 unspecified atom stereocenters. The number of hydrogen-bond acceptors (Lipinski definition) is 9. The lowest BCUT2D eigenvalue weighted by Gasteiger charge is -2.34. The summed E-state index contributed by atoms with van der Waals surface area (Å²) in [6, 6.07) is 9.08. The molecular formula is C22H28N4O7S. The Hall–Kier alpha value is -3.80. The third kappa shape index (κ3) is 6.61. The summed E-state index contributed by atoms with van der Waals surface area (Å²) in [5, 5.41) is 16.7. The summed E-state index contributed by atoms with van der Waals surface area (Å²) in [7, 11) is 0.514. The molecule has 0 radical (unpaired) electrons. The number of aromatic hydroxyl groups is 1. The first-order valence-corrected chi connectivity index (χ1v) is 11.2. The van der Waals surface area contributed by atoms with Crippen molar-refractivity contribution in [2.75, 3.05) is 31.5 Å². The number of phenols is 1. The second-order valence-electron chi connectivity index (χ2n) is 8.36. The molecule has 184 valence electrons. The Kier molecular flexibility index (Phi) is 8.46. The number of nitrogens with one attached hydrogen (secondary N) is 3. The van der Waals surface area contributed by atoms with E-state index in [9.17, 15) is 14.7 Å². The Balaban J connectivity index is 0.000000945. The van der Waals surface area contributed by atoms with E-state index in [1.54, 1.807) is 14.1 Å². The Labute approximate surface area is 199 Å². The third-order valence-corrected chi connectivity index (χ3v) is 4.95. The number of hydrogen-bond donors (Lipinski definition) is 4. The highest BCUT2D eigenvalue weighted by Gasteiger charge is 2.38. The quantitative estimate of drug-likeness (QED) is 0.365. The van der Waals surface area contributed by atoms with Crippen LogP contribution < -0.4 is 20.1 Å². The number of benzene rings is 2. The lowest BCUT2D eigenvalue weighted by molar-refractivity contribution is -0.117. The molecule has 0 aromatic heterocycles. The minimum absolute atomic E-state index is 0.0203. The molecule has 1 aliphatic rings. The Morgan fingerprint density at radius 1 is 1.26 bits per heavy atom. The van der Waals surface area contributed by atoms with Crippen LogP contribution in [-0.2, 0) is 20.7 Å². The molecule has 0 spiro atoms. The number of nitrogens with zero attached hydrogens (tertiary/aromatic N) is 1. The molecule has 0 saturated heterocycles. The average molecular weight is 493 g/mol. The maximum Gasteiger partial charge on any atom is 0.414 e. The van der Waals surface area contributed by atoms with E-state index in [-0.39, 0.29) is 30.6 Å². The van der Waals surface area contributed by atoms with Gasteiger partial charge in [-0.15, -0.1) is 0 Å². The van der Waals surface area contributed by atoms with Gasteiger partial charge in [-0.25, -0.2) is 4.79 Å². The van der Waals surface area contributed by atoms with E-state index in [4.69, 9.17) is 22.7 Å². The van der Waals surface area contributed by atoms with E-state index in [1.165, 1.54) is 11.0 Å². The van der Waals surface area contributed by atoms with E-state index in [0.29, 0.717) is 22.7 Å². The number of anilines is 2. The fraction of sp³-hybridized carbons (Fsp3) is 0.364. The largest absolute Gasteiger partial charge is 0.505 e. The van der Waals surface area contributed by atoms with E-state index in [1.807, 2.05) is 45.0 Å². The molecule has 0 saturated carbocycles. The second-order valence-corrected chi connectivity index (χ2v) is 8.83. The summed E-state index contributed by atoms with van der Waals surface area (Å²) >= 11 is 0. The molecule has 0 aliphatic carbocycles. The maximum atomic E-state index is 12.2. The number of aryl methyl sites for hydroxylation is 1. The van der Waals surface area contributed by atoms with E-state index >= 15 is 0 Å². The van der Waals surface area contributed by atoms with E-state index in [2.05, 4.69) is 10.6 Å². The van der Waals surface area contributed by atoms with Gasteiger partial charge in [0.05, 0.1) is 11.4 Å². The van der Waals surface area contributed by atoms with Crippen LogP contribution in [-0.4, -0.2) is 51.3 Å². The number of ether oxygens (including phenoxy) is 2. The minimum Gasteiger partial charge on any atom is -0.505 e. The lowest BCUT2D eigenvalue weighted by atomic mass is 9.77. The van der Waals surface area contributed by atoms with Crippen LogP contribution >= 0.6 is 0 Å². The van der Waals surface area contributed by atoms with Gasteiger partial charge in [-0.05, 0) is 18.6 Å². The Morgan fingerprint density at radius 2 is 1.88 bits per heavy atom. The molecular weight excluding hydrogens is 464 g/mol. The Morgan fingerprint density at radius 3 is 2.47 bits per heavy atom. The number of carbonyl (C=O) groups excluding carboxylic acids is 2. The number of phenolic OH excluding ortho intramolecular Hbond substituents is 1. The molecule has 1 heterocycles. The molecule has 4 N–H and O–H groups in total. The van der Waals surface area contributed by atoms with Crippen molar-refractivity contribution >= 4 is 33.9 Å². The zero-order valence-electron chi connectivity index (χ0n) is 19.6. The molecule has 11 nitrogen and oxygen atoms in total. The number of rotatable bonds is 5. The van der Waals surface area contributed by atoms with Crippen molar-refractivity contribution in [3.8, 4) is 17.2 Å². The van der Waals surface area contributed by atoms with Crippen molar-refractivity contribution in [1.29, 1.82) is 4.78 Å². The minimum atomic E-state index is -2.61. The van der Waals surface area contributed by atoms with Crippen LogP contribution in [0, 0.1) is 11.7 Å². The van der Waals surface area contributed by atoms with Gasteiger partial charge in [0.1, 0.15) is 11.5 Å². The normalized spacial score (nSPS) is 13.4. The smallest absolute Gasteiger partial charge is 0.414 e. The van der Waals surface area contributed by atoms with Gasteiger partial charge in [0.25, 0.3) is 0 Å². The standard InChI is InChI=1S/C22H27N3O5.HNO2S/c1-13-8-6-7-9-15(13)29-12-23-14-10-16(30-21(28)25(4)5)19-18(20(14)27)22(2,3)11-17(26)24-19;1-4(2)3/h6-10,23,27H,11-12H2,1-5H3,(H,24,26);1H. The molecule has 34 heavy (non-hydrogen) atoms. The van der Waals surface area contributed by atoms with Crippen LogP contribution in [0.5, 0.6) is 17.2 Å². The number of para-hydroxylation sites is 1. The van der Waals surface area contributed by atoms with Crippen molar-refractivity contribution < 1.29 is 32.6 Å². The van der Waals surface area contributed by atoms with Gasteiger partial charge in [-0.3, -0.25) is 4.79 Å². The lowest BCUT2D eigenvalue weighted by Crippen LogP contribution is -2.34. The monoisotopic (exact) mass is 492 g/mol. The molecule has 2 aromatic rings. The highest BCUT2D eigenvalue weighted by Crippen LogP contribution is 2.50. The molecule has 0 fully saturated rings. The van der Waals surface area contributed by atoms with Gasteiger partial charge in [0.2, 0.25) is 5.91 Å². The molecule has 2 aromatic carbocycles. The fourth-order valence-corrected chi connectivity index (χ4v) is 3.41. The zero-order chi connectivity index (χ0) is 25.6. The maximum absolute atomic E-state index is 12.2. The van der Waals surface area contributed by atoms with Crippen LogP contribution in [0.15, 0.2) is 30.3 Å². The first-order chi connectivity index (χ1) is 15.8. The molecule has 3 rings (SSSR count). The number of fused-ring (bicyclic) bond motifs is 1. The van der Waals surface area contributed by atoms with Crippen LogP contribution in [0.25, 0.3) is 0 Å². The predicted octanol–water partition coefficient (Wildman–Crippen LogP) is 3.46. The molecule has 12 heteroatoms. The van der Waals surface area contributed by atoms with Gasteiger partial charge < -0.3 is 30.1 Å². The van der Waals surface area contributed by atoms with Crippen molar-refractivity contribution in [3.05, 3.63) is 41.5 Å². The van der Waals surface area contributed by atoms with Crippen molar-refractivity contribution in [1.82, 2.24) is 4.90 Å². The Bertz CT molecular complexity index is 1190. The fourth-order valence-electron chi connectivity index (χ4n) is 3.41. The van der Waals surface area contributed by atoms with Gasteiger partial charge >= 0.3 is 16.6 Å². The van der Waals surface area contributed by atoms with Crippen LogP contribution in [0.3, 0.4) is 0 Å². The topological polar surface area (TPSA) is 158 Å². The highest BCUT2D eigenvalue weighted by molar-refractivity contribution is 7.60. The van der Waals surface area contributed by atoms with Crippen LogP contribution in [0.1, 0.15) is 31.4 Å². The van der Waals surface area contributed by atoms with E-state index < -0.39 is 22.0 Å². The second kappa shape index (κ2) is 10.9. The summed E-state index contributed by atoms with van der Waals surface area (Å²) < 4.78 is 34.1. The highest BCUT2D eigenvalue weighted by atomic mass is 32.2. The molecule has 1 aliphatic heterocycles. The van der Waals surface area contributed by atoms with Crippen molar-refractivity contribution in [3.63, 3.8) is 0 Å². The summed E-state index contributed by atoms with van der Waals surface area (Å²) in [5.74, 6) is 0.640. The average Bonchev–Trinajstić information content (AvgIpc) is 2.70. The third-order valence-electron chi connectivity index (χ3n) is 4.95. The van der Waals surface area contributed by atoms with Crippen LogP contribution in [0.4, 0.5) is 16.2 Å². The van der Waals surface area contributed by atoms with Gasteiger partial charge in [-0.1, -0.05) is 32.0 Å². The summed E-state index contributed by atoms with van der Waals surface area (Å²) in [4.78, 5) is 25.6. The van der Waals surface area contributed by atoms with Gasteiger partial charge in [0, 0.05) is 37.6 Å². The molecule has 0 bridgehead atoms.